The van der Waals surface area contributed by atoms with Crippen molar-refractivity contribution in [2.24, 2.45) is 0 Å². The van der Waals surface area contributed by atoms with Crippen LogP contribution in [0.4, 0.5) is 4.39 Å². The summed E-state index contributed by atoms with van der Waals surface area (Å²) in [7, 11) is 0. The summed E-state index contributed by atoms with van der Waals surface area (Å²) in [5.74, 6) is -0.270. The van der Waals surface area contributed by atoms with Crippen molar-refractivity contribution in [2.45, 2.75) is 23.8 Å². The van der Waals surface area contributed by atoms with E-state index in [1.165, 1.54) is 6.07 Å². The second-order valence-corrected chi connectivity index (χ2v) is 5.99. The highest BCUT2D eigenvalue weighted by Crippen LogP contribution is 2.38. The topological polar surface area (TPSA) is 9.23 Å². The van der Waals surface area contributed by atoms with Gasteiger partial charge in [0.25, 0.3) is 0 Å². The SMILES string of the molecule is Fc1cc(Br)c(Cl)cc1C(Br)C1CCCO1. The van der Waals surface area contributed by atoms with Gasteiger partial charge in [-0.15, -0.1) is 0 Å². The lowest BCUT2D eigenvalue weighted by atomic mass is 10.1. The summed E-state index contributed by atoms with van der Waals surface area (Å²) in [6.45, 7) is 0.749. The molecule has 0 amide bonds. The number of hydrogen-bond acceptors (Lipinski definition) is 1. The van der Waals surface area contributed by atoms with E-state index >= 15 is 0 Å². The van der Waals surface area contributed by atoms with Crippen LogP contribution in [0.25, 0.3) is 0 Å². The fraction of sp³-hybridized carbons (Fsp3) is 0.455. The molecule has 0 bridgehead atoms. The summed E-state index contributed by atoms with van der Waals surface area (Å²) in [6.07, 6.45) is 2.01. The van der Waals surface area contributed by atoms with Gasteiger partial charge in [-0.05, 0) is 40.9 Å². The summed E-state index contributed by atoms with van der Waals surface area (Å²) in [5.41, 5.74) is 0.556. The van der Waals surface area contributed by atoms with Crippen LogP contribution in [0.3, 0.4) is 0 Å². The molecule has 0 saturated carbocycles. The molecule has 0 radical (unpaired) electrons. The van der Waals surface area contributed by atoms with Gasteiger partial charge >= 0.3 is 0 Å². The van der Waals surface area contributed by atoms with Gasteiger partial charge in [-0.25, -0.2) is 4.39 Å². The average Bonchev–Trinajstić information content (AvgIpc) is 2.75. The lowest BCUT2D eigenvalue weighted by Gasteiger charge is -2.18. The molecule has 0 spiro atoms. The highest BCUT2D eigenvalue weighted by atomic mass is 79.9. The van der Waals surface area contributed by atoms with Crippen molar-refractivity contribution >= 4 is 43.5 Å². The van der Waals surface area contributed by atoms with Crippen LogP contribution in [-0.2, 0) is 4.74 Å². The Kier molecular flexibility index (Phi) is 4.27. The number of halogens is 4. The Labute approximate surface area is 116 Å². The molecule has 1 heterocycles. The minimum absolute atomic E-state index is 0.0340. The maximum Gasteiger partial charge on any atom is 0.128 e. The first kappa shape index (κ1) is 12.8. The van der Waals surface area contributed by atoms with E-state index in [9.17, 15) is 4.39 Å². The third kappa shape index (κ3) is 2.61. The Bertz CT molecular complexity index is 394. The minimum Gasteiger partial charge on any atom is -0.377 e. The molecule has 0 aromatic heterocycles. The van der Waals surface area contributed by atoms with Gasteiger partial charge in [0.1, 0.15) is 5.82 Å². The molecule has 1 fully saturated rings. The number of ether oxygens (including phenoxy) is 1. The summed E-state index contributed by atoms with van der Waals surface area (Å²) >= 11 is 12.6. The predicted molar refractivity (Wildman–Crippen MR) is 69.8 cm³/mol. The maximum atomic E-state index is 13.8. The van der Waals surface area contributed by atoms with Gasteiger partial charge in [0.2, 0.25) is 0 Å². The van der Waals surface area contributed by atoms with Gasteiger partial charge in [0.15, 0.2) is 0 Å². The second-order valence-electron chi connectivity index (χ2n) is 3.74. The van der Waals surface area contributed by atoms with Crippen molar-refractivity contribution in [3.8, 4) is 0 Å². The second kappa shape index (κ2) is 5.34. The first-order chi connectivity index (χ1) is 7.59. The van der Waals surface area contributed by atoms with E-state index in [1.807, 2.05) is 0 Å². The Balaban J connectivity index is 2.28. The molecule has 2 unspecified atom stereocenters. The van der Waals surface area contributed by atoms with Crippen LogP contribution in [-0.4, -0.2) is 12.7 Å². The summed E-state index contributed by atoms with van der Waals surface area (Å²) in [6, 6.07) is 3.03. The van der Waals surface area contributed by atoms with Crippen molar-refractivity contribution in [1.29, 1.82) is 0 Å². The van der Waals surface area contributed by atoms with Crippen LogP contribution < -0.4 is 0 Å². The first-order valence-corrected chi connectivity index (χ1v) is 7.08. The molecule has 1 nitrogen and oxygen atoms in total. The molecule has 1 saturated heterocycles. The number of rotatable bonds is 2. The van der Waals surface area contributed by atoms with Gasteiger partial charge in [-0.1, -0.05) is 27.5 Å². The van der Waals surface area contributed by atoms with Crippen molar-refractivity contribution < 1.29 is 9.13 Å². The number of benzene rings is 1. The van der Waals surface area contributed by atoms with Crippen molar-refractivity contribution in [1.82, 2.24) is 0 Å². The van der Waals surface area contributed by atoms with Crippen molar-refractivity contribution in [2.75, 3.05) is 6.61 Å². The fourth-order valence-electron chi connectivity index (χ4n) is 1.78. The highest BCUT2D eigenvalue weighted by Gasteiger charge is 2.27. The lowest BCUT2D eigenvalue weighted by molar-refractivity contribution is 0.110. The molecule has 0 N–H and O–H groups in total. The summed E-state index contributed by atoms with van der Waals surface area (Å²) in [4.78, 5) is -0.138. The molecule has 0 aliphatic carbocycles. The fourth-order valence-corrected chi connectivity index (χ4v) is 3.04. The quantitative estimate of drug-likeness (QED) is 0.532. The van der Waals surface area contributed by atoms with Crippen LogP contribution in [0.5, 0.6) is 0 Å². The monoisotopic (exact) mass is 370 g/mol. The zero-order valence-electron chi connectivity index (χ0n) is 8.35. The van der Waals surface area contributed by atoms with E-state index in [-0.39, 0.29) is 16.7 Å². The molecule has 1 aliphatic rings. The average molecular weight is 372 g/mol. The van der Waals surface area contributed by atoms with Crippen LogP contribution in [0, 0.1) is 5.82 Å². The van der Waals surface area contributed by atoms with Gasteiger partial charge in [-0.3, -0.25) is 0 Å². The Hall–Kier alpha value is 0.360. The Morgan fingerprint density at radius 3 is 2.88 bits per heavy atom. The maximum absolute atomic E-state index is 13.8. The molecule has 2 atom stereocenters. The number of alkyl halides is 1. The summed E-state index contributed by atoms with van der Waals surface area (Å²) in [5, 5.41) is 0.513. The molecule has 1 aromatic rings. The number of hydrogen-bond donors (Lipinski definition) is 0. The third-order valence-electron chi connectivity index (χ3n) is 2.63. The van der Waals surface area contributed by atoms with E-state index in [2.05, 4.69) is 31.9 Å². The molecule has 1 aromatic carbocycles. The van der Waals surface area contributed by atoms with E-state index in [4.69, 9.17) is 16.3 Å². The zero-order valence-corrected chi connectivity index (χ0v) is 12.3. The molecule has 5 heteroatoms. The van der Waals surface area contributed by atoms with Gasteiger partial charge in [-0.2, -0.15) is 0 Å². The smallest absolute Gasteiger partial charge is 0.128 e. The van der Waals surface area contributed by atoms with Gasteiger partial charge in [0, 0.05) is 16.6 Å². The van der Waals surface area contributed by atoms with Crippen LogP contribution in [0.2, 0.25) is 5.02 Å². The van der Waals surface area contributed by atoms with Gasteiger partial charge in [0.05, 0.1) is 16.0 Å². The summed E-state index contributed by atoms with van der Waals surface area (Å²) < 4.78 is 19.9. The first-order valence-electron chi connectivity index (χ1n) is 4.99. The van der Waals surface area contributed by atoms with Crippen LogP contribution in [0.15, 0.2) is 16.6 Å². The molecule has 88 valence electrons. The molecule has 1 aliphatic heterocycles. The Morgan fingerprint density at radius 2 is 2.25 bits per heavy atom. The molecular weight excluding hydrogens is 362 g/mol. The van der Waals surface area contributed by atoms with E-state index in [1.54, 1.807) is 6.07 Å². The normalized spacial score (nSPS) is 22.4. The largest absolute Gasteiger partial charge is 0.377 e. The molecule has 2 rings (SSSR count). The van der Waals surface area contributed by atoms with Crippen molar-refractivity contribution in [3.63, 3.8) is 0 Å². The lowest BCUT2D eigenvalue weighted by Crippen LogP contribution is -2.13. The Morgan fingerprint density at radius 1 is 1.50 bits per heavy atom. The van der Waals surface area contributed by atoms with Crippen molar-refractivity contribution in [3.05, 3.63) is 33.0 Å². The molecular formula is C11H10Br2ClFO. The van der Waals surface area contributed by atoms with E-state index in [0.717, 1.165) is 19.4 Å². The third-order valence-corrected chi connectivity index (χ3v) is 4.91. The van der Waals surface area contributed by atoms with E-state index in [0.29, 0.717) is 15.1 Å². The van der Waals surface area contributed by atoms with Crippen LogP contribution in [0.1, 0.15) is 23.2 Å². The highest BCUT2D eigenvalue weighted by molar-refractivity contribution is 9.10. The zero-order chi connectivity index (χ0) is 11.7. The minimum atomic E-state index is -0.270. The van der Waals surface area contributed by atoms with Crippen LogP contribution >= 0.6 is 43.5 Å². The predicted octanol–water partition coefficient (Wildman–Crippen LogP) is 4.86. The van der Waals surface area contributed by atoms with Gasteiger partial charge < -0.3 is 4.74 Å². The standard InChI is InChI=1S/C11H10Br2ClFO/c12-7-5-9(15)6(4-8(7)14)11(13)10-2-1-3-16-10/h4-5,10-11H,1-3H2. The molecule has 16 heavy (non-hydrogen) atoms. The van der Waals surface area contributed by atoms with E-state index < -0.39 is 0 Å².